The van der Waals surface area contributed by atoms with Gasteiger partial charge in [-0.05, 0) is 74.6 Å². The second-order valence-electron chi connectivity index (χ2n) is 17.2. The summed E-state index contributed by atoms with van der Waals surface area (Å²) in [5, 5.41) is 89.6. The first-order chi connectivity index (χ1) is 31.5. The van der Waals surface area contributed by atoms with E-state index in [0.29, 0.717) is 71.3 Å². The zero-order valence-electron chi connectivity index (χ0n) is 34.7. The molecule has 7 heterocycles. The molecular formula is C38H48Cl2N18O7. The van der Waals surface area contributed by atoms with Gasteiger partial charge in [-0.25, -0.2) is 14.8 Å². The fourth-order valence-corrected chi connectivity index (χ4v) is 10.1. The molecule has 0 unspecified atom stereocenters. The van der Waals surface area contributed by atoms with Crippen molar-refractivity contribution in [1.82, 2.24) is 79.2 Å². The van der Waals surface area contributed by atoms with Crippen LogP contribution < -0.4 is 16.0 Å². The number of nitrogens with zero attached hydrogens (tertiary/aromatic N) is 15. The van der Waals surface area contributed by atoms with E-state index in [1.807, 2.05) is 4.90 Å². The summed E-state index contributed by atoms with van der Waals surface area (Å²) in [6.45, 7) is 0.444. The van der Waals surface area contributed by atoms with Crippen LogP contribution in [0.1, 0.15) is 86.9 Å². The second kappa shape index (κ2) is 17.8. The maximum absolute atomic E-state index is 13.5. The molecule has 6 aromatic rings. The van der Waals surface area contributed by atoms with Gasteiger partial charge in [0.1, 0.15) is 47.9 Å². The number of fused-ring (bicyclic) bond motifs is 2. The maximum atomic E-state index is 13.5. The minimum Gasteiger partial charge on any atom is -0.390 e. The fraction of sp³-hybridized carbons (Fsp3) is 0.605. The van der Waals surface area contributed by atoms with Crippen molar-refractivity contribution in [2.24, 2.45) is 0 Å². The number of carbonyl (C=O) groups is 1. The van der Waals surface area contributed by atoms with E-state index < -0.39 is 48.6 Å². The van der Waals surface area contributed by atoms with Crippen LogP contribution in [0, 0.1) is 0 Å². The predicted octanol–water partition coefficient (Wildman–Crippen LogP) is 0.265. The number of hydrogen-bond donors (Lipinski definition) is 9. The number of amides is 2. The van der Waals surface area contributed by atoms with Crippen LogP contribution >= 0.6 is 23.2 Å². The lowest BCUT2D eigenvalue weighted by atomic mass is 9.91. The van der Waals surface area contributed by atoms with Gasteiger partial charge < -0.3 is 60.6 Å². The maximum Gasteiger partial charge on any atom is 0.317 e. The van der Waals surface area contributed by atoms with Crippen molar-refractivity contribution in [3.63, 3.8) is 0 Å². The average Bonchev–Trinajstić information content (AvgIpc) is 4.18. The Balaban J connectivity index is 0.717. The van der Waals surface area contributed by atoms with Gasteiger partial charge in [0.2, 0.25) is 10.6 Å². The summed E-state index contributed by atoms with van der Waals surface area (Å²) in [5.74, 6) is 0.884. The molecule has 25 nitrogen and oxygen atoms in total. The van der Waals surface area contributed by atoms with E-state index >= 15 is 0 Å². The number of piperidine rings is 1. The van der Waals surface area contributed by atoms with E-state index in [1.54, 1.807) is 21.8 Å². The lowest BCUT2D eigenvalue weighted by Crippen LogP contribution is -2.50. The summed E-state index contributed by atoms with van der Waals surface area (Å²) in [6.07, 6.45) is 6.05. The molecule has 0 aromatic carbocycles. The molecular weight excluding hydrogens is 891 g/mol. The Morgan fingerprint density at radius 2 is 1.05 bits per heavy atom. The van der Waals surface area contributed by atoms with Crippen molar-refractivity contribution < 1.29 is 35.4 Å². The summed E-state index contributed by atoms with van der Waals surface area (Å²) in [7, 11) is 0. The molecule has 9 N–H and O–H groups in total. The lowest BCUT2D eigenvalue weighted by Gasteiger charge is -2.35. The molecule has 8 atom stereocenters. The van der Waals surface area contributed by atoms with Crippen molar-refractivity contribution in [1.29, 1.82) is 0 Å². The molecule has 0 radical (unpaired) electrons. The van der Waals surface area contributed by atoms with Crippen LogP contribution in [0.4, 0.5) is 16.4 Å². The molecule has 10 rings (SSSR count). The Kier molecular flexibility index (Phi) is 11.9. The Morgan fingerprint density at radius 3 is 1.49 bits per heavy atom. The fourth-order valence-electron chi connectivity index (χ4n) is 9.79. The highest BCUT2D eigenvalue weighted by molar-refractivity contribution is 6.29. The molecule has 3 aliphatic carbocycles. The zero-order valence-corrected chi connectivity index (χ0v) is 36.2. The molecule has 1 saturated heterocycles. The van der Waals surface area contributed by atoms with Gasteiger partial charge in [-0.3, -0.25) is 0 Å². The number of imidazole rings is 2. The highest BCUT2D eigenvalue weighted by Crippen LogP contribution is 2.41. The largest absolute Gasteiger partial charge is 0.390 e. The van der Waals surface area contributed by atoms with Gasteiger partial charge in [-0.1, -0.05) is 0 Å². The van der Waals surface area contributed by atoms with Crippen LogP contribution in [0.3, 0.4) is 0 Å². The van der Waals surface area contributed by atoms with Gasteiger partial charge in [0, 0.05) is 31.2 Å². The SMILES string of the molecule is O=C(N[C@H]1CC[C@H](Nc2nc(Cl)nc3c2ncn3[C@@H]2C[C@H](n3ncc(CO)n3)[C@@H](O)[C@H]2O)CC1)N1CCC(Nc2nc(Cl)nc3c2ncn3[C@@H]2C[C@H](n3ncc(CO)n3)[C@@H](O)[C@H]2O)CC1. The number of carbonyl (C=O) groups excluding carboxylic acids is 1. The first-order valence-electron chi connectivity index (χ1n) is 21.6. The van der Waals surface area contributed by atoms with E-state index in [2.05, 4.69) is 66.2 Å². The second-order valence-corrected chi connectivity index (χ2v) is 17.9. The van der Waals surface area contributed by atoms with Gasteiger partial charge in [-0.15, -0.1) is 0 Å². The number of urea groups is 1. The molecule has 0 spiro atoms. The lowest BCUT2D eigenvalue weighted by molar-refractivity contribution is 0.00491. The summed E-state index contributed by atoms with van der Waals surface area (Å²) < 4.78 is 3.37. The molecule has 0 bridgehead atoms. The molecule has 65 heavy (non-hydrogen) atoms. The summed E-state index contributed by atoms with van der Waals surface area (Å²) in [5.41, 5.74) is 2.42. The van der Waals surface area contributed by atoms with Crippen molar-refractivity contribution in [2.75, 3.05) is 23.7 Å². The van der Waals surface area contributed by atoms with Gasteiger partial charge >= 0.3 is 6.03 Å². The van der Waals surface area contributed by atoms with Gasteiger partial charge in [0.25, 0.3) is 0 Å². The number of anilines is 2. The third kappa shape index (κ3) is 8.27. The van der Waals surface area contributed by atoms with Crippen LogP contribution in [0.5, 0.6) is 0 Å². The predicted molar refractivity (Wildman–Crippen MR) is 228 cm³/mol. The van der Waals surface area contributed by atoms with E-state index in [9.17, 15) is 35.4 Å². The van der Waals surface area contributed by atoms with E-state index in [0.717, 1.165) is 25.7 Å². The first-order valence-corrected chi connectivity index (χ1v) is 22.4. The van der Waals surface area contributed by atoms with Crippen molar-refractivity contribution >= 4 is 63.2 Å². The van der Waals surface area contributed by atoms with Gasteiger partial charge in [0.15, 0.2) is 34.0 Å². The zero-order chi connectivity index (χ0) is 45.1. The molecule has 3 saturated carbocycles. The smallest absolute Gasteiger partial charge is 0.317 e. The number of hydrogen-bond acceptors (Lipinski definition) is 19. The van der Waals surface area contributed by atoms with Crippen LogP contribution in [0.25, 0.3) is 22.3 Å². The van der Waals surface area contributed by atoms with E-state index in [1.165, 1.54) is 22.0 Å². The molecule has 27 heteroatoms. The van der Waals surface area contributed by atoms with E-state index in [-0.39, 0.29) is 60.8 Å². The summed E-state index contributed by atoms with van der Waals surface area (Å²) in [6, 6.07) is -2.63. The third-order valence-electron chi connectivity index (χ3n) is 13.3. The number of aliphatic hydroxyl groups is 6. The van der Waals surface area contributed by atoms with Crippen molar-refractivity contribution in [3.8, 4) is 0 Å². The Morgan fingerprint density at radius 1 is 0.615 bits per heavy atom. The highest BCUT2D eigenvalue weighted by atomic mass is 35.5. The van der Waals surface area contributed by atoms with Crippen LogP contribution in [-0.4, -0.2) is 166 Å². The average molecular weight is 940 g/mol. The molecule has 346 valence electrons. The number of likely N-dealkylation sites (tertiary alicyclic amines) is 1. The van der Waals surface area contributed by atoms with Gasteiger partial charge in [-0.2, -0.15) is 49.9 Å². The minimum atomic E-state index is -1.18. The van der Waals surface area contributed by atoms with Crippen LogP contribution in [0.2, 0.25) is 10.6 Å². The quantitative estimate of drug-likeness (QED) is 0.0787. The normalized spacial score (nSPS) is 28.7. The minimum absolute atomic E-state index is 0.00275. The van der Waals surface area contributed by atoms with Crippen LogP contribution in [-0.2, 0) is 13.2 Å². The number of halogens is 2. The monoisotopic (exact) mass is 938 g/mol. The standard InChI is InChI=1S/C38H48Cl2N18O7/c39-36-48-32(26-34(50-36)55(15-41-26)22-9-24(30(63)28(22)61)57-43-11-20(13-59)52-57)45-17-1-3-18(4-2-17)47-38(65)54-7-5-19(6-8-54)46-33-27-35(51-37(40)49-33)56(16-42-27)23-10-25(31(64)29(23)62)58-44-12-21(14-60)53-58/h11-12,15-19,22-25,28-31,59-64H,1-10,13-14H2,(H,47,65)(H,45,48,50)(H,46,49,51)/t17-,18-,22-,23-,24+,25+,28+,29+,30-,31-/m1/s1. The molecule has 4 fully saturated rings. The van der Waals surface area contributed by atoms with Crippen molar-refractivity contribution in [2.45, 2.75) is 131 Å². The Labute approximate surface area is 378 Å². The topological polar surface area (TPSA) is 326 Å². The first kappa shape index (κ1) is 43.5. The Hall–Kier alpha value is -5.41. The summed E-state index contributed by atoms with van der Waals surface area (Å²) >= 11 is 12.8. The van der Waals surface area contributed by atoms with E-state index in [4.69, 9.17) is 23.2 Å². The highest BCUT2D eigenvalue weighted by Gasteiger charge is 2.47. The molecule has 2 amide bonds. The van der Waals surface area contributed by atoms with Gasteiger partial charge in [0.05, 0.1) is 50.3 Å². The number of nitrogens with one attached hydrogen (secondary N) is 3. The molecule has 1 aliphatic heterocycles. The number of rotatable bonds is 11. The number of aliphatic hydroxyl groups excluding tert-OH is 6. The van der Waals surface area contributed by atoms with Crippen LogP contribution in [0.15, 0.2) is 25.0 Å². The molecule has 6 aromatic heterocycles. The summed E-state index contributed by atoms with van der Waals surface area (Å²) in [4.78, 5) is 44.8. The Bertz CT molecular complexity index is 2660. The third-order valence-corrected chi connectivity index (χ3v) is 13.6. The van der Waals surface area contributed by atoms with Crippen molar-refractivity contribution in [3.05, 3.63) is 47.0 Å². The molecule has 4 aliphatic rings. The number of aromatic nitrogens is 14.